The number of nitrogens with zero attached hydrogens (tertiary/aromatic N) is 1. The summed E-state index contributed by atoms with van der Waals surface area (Å²) in [5, 5.41) is 3.57. The Morgan fingerprint density at radius 3 is 2.26 bits per heavy atom. The summed E-state index contributed by atoms with van der Waals surface area (Å²) in [5.41, 5.74) is 0. The van der Waals surface area contributed by atoms with Gasteiger partial charge in [-0.2, -0.15) is 0 Å². The van der Waals surface area contributed by atoms with Gasteiger partial charge in [0.25, 0.3) is 0 Å². The Kier molecular flexibility index (Phi) is 9.14. The molecule has 19 heavy (non-hydrogen) atoms. The summed E-state index contributed by atoms with van der Waals surface area (Å²) in [6, 6.07) is 4.44. The third-order valence-electron chi connectivity index (χ3n) is 3.36. The highest BCUT2D eigenvalue weighted by molar-refractivity contribution is 7.11. The van der Waals surface area contributed by atoms with Crippen LogP contribution in [0.5, 0.6) is 0 Å². The first-order valence-corrected chi connectivity index (χ1v) is 8.56. The molecule has 1 N–H and O–H groups in total. The van der Waals surface area contributed by atoms with Gasteiger partial charge in [-0.1, -0.05) is 26.7 Å². The highest BCUT2D eigenvalue weighted by Gasteiger charge is 2.03. The summed E-state index contributed by atoms with van der Waals surface area (Å²) in [5.74, 6) is 0. The van der Waals surface area contributed by atoms with E-state index in [1.165, 1.54) is 55.1 Å². The van der Waals surface area contributed by atoms with Gasteiger partial charge in [-0.3, -0.25) is 0 Å². The van der Waals surface area contributed by atoms with Gasteiger partial charge in [0.1, 0.15) is 0 Å². The van der Waals surface area contributed by atoms with Crippen molar-refractivity contribution in [2.75, 3.05) is 26.2 Å². The average molecular weight is 282 g/mol. The predicted octanol–water partition coefficient (Wildman–Crippen LogP) is 4.05. The van der Waals surface area contributed by atoms with E-state index in [0.29, 0.717) is 0 Å². The van der Waals surface area contributed by atoms with E-state index >= 15 is 0 Å². The van der Waals surface area contributed by atoms with E-state index in [9.17, 15) is 0 Å². The van der Waals surface area contributed by atoms with E-state index in [-0.39, 0.29) is 0 Å². The Labute approximate surface area is 123 Å². The fourth-order valence-corrected chi connectivity index (χ4v) is 2.99. The minimum Gasteiger partial charge on any atom is -0.311 e. The van der Waals surface area contributed by atoms with Crippen molar-refractivity contribution < 1.29 is 0 Å². The molecule has 0 fully saturated rings. The zero-order valence-electron chi connectivity index (χ0n) is 12.9. The Morgan fingerprint density at radius 2 is 1.74 bits per heavy atom. The van der Waals surface area contributed by atoms with Crippen LogP contribution in [0.3, 0.4) is 0 Å². The number of unbranched alkanes of at least 4 members (excludes halogenated alkanes) is 2. The fourth-order valence-electron chi connectivity index (χ4n) is 2.13. The first-order chi connectivity index (χ1) is 9.26. The zero-order valence-corrected chi connectivity index (χ0v) is 13.7. The van der Waals surface area contributed by atoms with Crippen molar-refractivity contribution >= 4 is 11.3 Å². The van der Waals surface area contributed by atoms with Crippen LogP contribution < -0.4 is 5.32 Å². The number of nitrogens with one attached hydrogen (secondary N) is 1. The molecule has 0 atom stereocenters. The van der Waals surface area contributed by atoms with Crippen LogP contribution in [0.2, 0.25) is 0 Å². The van der Waals surface area contributed by atoms with E-state index in [0.717, 1.165) is 13.1 Å². The lowest BCUT2D eigenvalue weighted by molar-refractivity contribution is 0.264. The van der Waals surface area contributed by atoms with Crippen LogP contribution in [0.15, 0.2) is 12.1 Å². The third kappa shape index (κ3) is 7.71. The van der Waals surface area contributed by atoms with Crippen molar-refractivity contribution in [3.8, 4) is 0 Å². The maximum absolute atomic E-state index is 3.57. The van der Waals surface area contributed by atoms with E-state index in [1.54, 1.807) is 0 Å². The Hall–Kier alpha value is -0.380. The van der Waals surface area contributed by atoms with Crippen molar-refractivity contribution in [2.45, 2.75) is 53.0 Å². The molecule has 0 aliphatic rings. The number of aryl methyl sites for hydroxylation is 1. The molecule has 1 rings (SSSR count). The molecule has 0 aliphatic carbocycles. The third-order valence-corrected chi connectivity index (χ3v) is 4.36. The summed E-state index contributed by atoms with van der Waals surface area (Å²) in [6.07, 6.45) is 5.25. The van der Waals surface area contributed by atoms with Gasteiger partial charge in [0.05, 0.1) is 0 Å². The van der Waals surface area contributed by atoms with Crippen molar-refractivity contribution in [1.29, 1.82) is 0 Å². The molecule has 0 amide bonds. The molecule has 2 nitrogen and oxygen atoms in total. The summed E-state index contributed by atoms with van der Waals surface area (Å²) in [7, 11) is 0. The lowest BCUT2D eigenvalue weighted by atomic mass is 10.2. The molecule has 0 spiro atoms. The van der Waals surface area contributed by atoms with Crippen LogP contribution in [-0.2, 0) is 6.54 Å². The van der Waals surface area contributed by atoms with Crippen molar-refractivity contribution in [3.63, 3.8) is 0 Å². The van der Waals surface area contributed by atoms with Crippen LogP contribution in [0.25, 0.3) is 0 Å². The first kappa shape index (κ1) is 16.7. The van der Waals surface area contributed by atoms with Gasteiger partial charge < -0.3 is 10.2 Å². The normalized spacial score (nSPS) is 11.4. The fraction of sp³-hybridized carbons (Fsp3) is 0.750. The zero-order chi connectivity index (χ0) is 13.9. The first-order valence-electron chi connectivity index (χ1n) is 7.74. The maximum atomic E-state index is 3.57. The molecule has 0 radical (unpaired) electrons. The Bertz CT molecular complexity index is 314. The van der Waals surface area contributed by atoms with Crippen LogP contribution in [0, 0.1) is 6.92 Å². The van der Waals surface area contributed by atoms with Crippen LogP contribution in [0.4, 0.5) is 0 Å². The second-order valence-corrected chi connectivity index (χ2v) is 6.61. The number of hydrogen-bond donors (Lipinski definition) is 1. The quantitative estimate of drug-likeness (QED) is 0.616. The van der Waals surface area contributed by atoms with Crippen LogP contribution in [0.1, 0.15) is 49.3 Å². The van der Waals surface area contributed by atoms with E-state index in [4.69, 9.17) is 0 Å². The van der Waals surface area contributed by atoms with E-state index < -0.39 is 0 Å². The minimum absolute atomic E-state index is 1.02. The Morgan fingerprint density at radius 1 is 1.05 bits per heavy atom. The molecule has 0 aromatic carbocycles. The highest BCUT2D eigenvalue weighted by Crippen LogP contribution is 2.14. The van der Waals surface area contributed by atoms with Gasteiger partial charge in [-0.25, -0.2) is 0 Å². The van der Waals surface area contributed by atoms with Crippen molar-refractivity contribution in [3.05, 3.63) is 21.9 Å². The lowest BCUT2D eigenvalue weighted by Gasteiger charge is -2.22. The van der Waals surface area contributed by atoms with Crippen LogP contribution >= 0.6 is 11.3 Å². The molecule has 0 aliphatic heterocycles. The summed E-state index contributed by atoms with van der Waals surface area (Å²) >= 11 is 1.90. The summed E-state index contributed by atoms with van der Waals surface area (Å²) in [4.78, 5) is 5.47. The molecule has 1 aromatic rings. The van der Waals surface area contributed by atoms with Gasteiger partial charge in [-0.05, 0) is 45.0 Å². The molecule has 0 unspecified atom stereocenters. The lowest BCUT2D eigenvalue weighted by Crippen LogP contribution is -2.33. The largest absolute Gasteiger partial charge is 0.311 e. The van der Waals surface area contributed by atoms with Gasteiger partial charge in [0.2, 0.25) is 0 Å². The van der Waals surface area contributed by atoms with E-state index in [2.05, 4.69) is 43.1 Å². The predicted molar refractivity (Wildman–Crippen MR) is 87.0 cm³/mol. The Balaban J connectivity index is 2.15. The van der Waals surface area contributed by atoms with Crippen LogP contribution in [-0.4, -0.2) is 31.1 Å². The maximum Gasteiger partial charge on any atom is 0.0300 e. The second-order valence-electron chi connectivity index (χ2n) is 5.24. The average Bonchev–Trinajstić information content (AvgIpc) is 2.82. The summed E-state index contributed by atoms with van der Waals surface area (Å²) in [6.45, 7) is 12.5. The smallest absolute Gasteiger partial charge is 0.0300 e. The van der Waals surface area contributed by atoms with Gasteiger partial charge in [0, 0.05) is 29.4 Å². The molecule has 3 heteroatoms. The molecule has 0 bridgehead atoms. The standard InChI is InChI=1S/C16H30N2S/c1-4-6-11-18(12-7-5-2)13-10-17-14-16-9-8-15(3)19-16/h8-9,17H,4-7,10-14H2,1-3H3. The summed E-state index contributed by atoms with van der Waals surface area (Å²) < 4.78 is 0. The SMILES string of the molecule is CCCCN(CCCC)CCNCc1ccc(C)s1. The molecular formula is C16H30N2S. The van der Waals surface area contributed by atoms with Crippen molar-refractivity contribution in [1.82, 2.24) is 10.2 Å². The number of hydrogen-bond acceptors (Lipinski definition) is 3. The number of rotatable bonds is 11. The molecule has 1 aromatic heterocycles. The molecule has 0 saturated heterocycles. The molecular weight excluding hydrogens is 252 g/mol. The topological polar surface area (TPSA) is 15.3 Å². The minimum atomic E-state index is 1.02. The molecule has 0 saturated carbocycles. The molecule has 1 heterocycles. The molecule has 110 valence electrons. The van der Waals surface area contributed by atoms with Gasteiger partial charge >= 0.3 is 0 Å². The van der Waals surface area contributed by atoms with E-state index in [1.807, 2.05) is 11.3 Å². The second kappa shape index (κ2) is 10.4. The van der Waals surface area contributed by atoms with Gasteiger partial charge in [0.15, 0.2) is 0 Å². The van der Waals surface area contributed by atoms with Gasteiger partial charge in [-0.15, -0.1) is 11.3 Å². The highest BCUT2D eigenvalue weighted by atomic mass is 32.1. The monoisotopic (exact) mass is 282 g/mol. The number of thiophene rings is 1. The van der Waals surface area contributed by atoms with Crippen molar-refractivity contribution in [2.24, 2.45) is 0 Å².